The van der Waals surface area contributed by atoms with E-state index in [1.165, 1.54) is 25.9 Å². The van der Waals surface area contributed by atoms with Crippen molar-refractivity contribution in [3.05, 3.63) is 59.8 Å². The lowest BCUT2D eigenvalue weighted by Crippen LogP contribution is -2.51. The summed E-state index contributed by atoms with van der Waals surface area (Å²) in [6, 6.07) is 14.2. The minimum absolute atomic E-state index is 0.0389. The summed E-state index contributed by atoms with van der Waals surface area (Å²) < 4.78 is 0. The number of urea groups is 1. The van der Waals surface area contributed by atoms with Gasteiger partial charge in [0.15, 0.2) is 0 Å². The van der Waals surface area contributed by atoms with Crippen LogP contribution in [0.3, 0.4) is 0 Å². The smallest absolute Gasteiger partial charge is 0.322 e. The van der Waals surface area contributed by atoms with E-state index in [9.17, 15) is 14.4 Å². The van der Waals surface area contributed by atoms with E-state index in [0.29, 0.717) is 25.6 Å². The summed E-state index contributed by atoms with van der Waals surface area (Å²) in [6.45, 7) is 7.86. The highest BCUT2D eigenvalue weighted by molar-refractivity contribution is 5.91. The molecule has 10 heteroatoms. The van der Waals surface area contributed by atoms with Crippen LogP contribution in [-0.2, 0) is 16.0 Å². The molecule has 4 amide bonds. The summed E-state index contributed by atoms with van der Waals surface area (Å²) in [5.41, 5.74) is 4.07. The van der Waals surface area contributed by atoms with E-state index in [4.69, 9.17) is 0 Å². The number of benzene rings is 2. The van der Waals surface area contributed by atoms with Crippen LogP contribution >= 0.6 is 0 Å². The van der Waals surface area contributed by atoms with Gasteiger partial charge in [0.2, 0.25) is 11.8 Å². The first kappa shape index (κ1) is 32.6. The molecule has 0 aliphatic carbocycles. The third-order valence-corrected chi connectivity index (χ3v) is 12.0. The number of rotatable bonds is 7. The maximum Gasteiger partial charge on any atom is 0.322 e. The van der Waals surface area contributed by atoms with Crippen molar-refractivity contribution in [1.82, 2.24) is 29.8 Å². The average Bonchev–Trinajstić information content (AvgIpc) is 3.52. The Bertz CT molecular complexity index is 1600. The molecule has 3 saturated heterocycles. The van der Waals surface area contributed by atoms with Crippen LogP contribution in [0.5, 0.6) is 0 Å². The molecular formula is C38H51N7O3. The van der Waals surface area contributed by atoms with Crippen molar-refractivity contribution in [3.63, 3.8) is 0 Å². The molecule has 256 valence electrons. The van der Waals surface area contributed by atoms with Crippen molar-refractivity contribution >= 4 is 34.4 Å². The highest BCUT2D eigenvalue weighted by atomic mass is 16.2. The number of H-pyrrole nitrogens is 1. The van der Waals surface area contributed by atoms with Gasteiger partial charge < -0.3 is 24.9 Å². The molecule has 10 nitrogen and oxygen atoms in total. The van der Waals surface area contributed by atoms with Crippen LogP contribution in [0.15, 0.2) is 48.7 Å². The van der Waals surface area contributed by atoms with Gasteiger partial charge in [0.05, 0.1) is 17.6 Å². The Morgan fingerprint density at radius 2 is 1.56 bits per heavy atom. The number of anilines is 1. The van der Waals surface area contributed by atoms with Gasteiger partial charge in [-0.1, -0.05) is 31.2 Å². The highest BCUT2D eigenvalue weighted by Crippen LogP contribution is 2.36. The average molecular weight is 654 g/mol. The highest BCUT2D eigenvalue weighted by Gasteiger charge is 2.38. The Morgan fingerprint density at radius 3 is 2.31 bits per heavy atom. The molecule has 0 saturated carbocycles. The number of likely N-dealkylation sites (tertiary alicyclic amines) is 3. The van der Waals surface area contributed by atoms with E-state index >= 15 is 0 Å². The SMILES string of the molecule is CC(c1ccc2[nH]ncc2c1)C(CC(=O)N1CCC(N2CCc3ccccc3NC2=O)CC1)C(=O)N1CCC(C2CCN(C)CC2)CC1. The number of hydrogen-bond donors (Lipinski definition) is 2. The molecular weight excluding hydrogens is 602 g/mol. The van der Waals surface area contributed by atoms with Gasteiger partial charge >= 0.3 is 6.03 Å². The van der Waals surface area contributed by atoms with Crippen LogP contribution in [0, 0.1) is 17.8 Å². The van der Waals surface area contributed by atoms with E-state index in [-0.39, 0.29) is 36.2 Å². The number of aromatic amines is 1. The molecule has 5 heterocycles. The molecule has 4 aliphatic rings. The zero-order chi connectivity index (χ0) is 33.2. The summed E-state index contributed by atoms with van der Waals surface area (Å²) in [6.07, 6.45) is 8.93. The molecule has 48 heavy (non-hydrogen) atoms. The van der Waals surface area contributed by atoms with Gasteiger partial charge in [0.1, 0.15) is 0 Å². The molecule has 7 rings (SSSR count). The molecule has 3 aromatic rings. The number of fused-ring (bicyclic) bond motifs is 2. The predicted molar refractivity (Wildman–Crippen MR) is 188 cm³/mol. The number of para-hydroxylation sites is 1. The van der Waals surface area contributed by atoms with Crippen LogP contribution in [0.25, 0.3) is 10.9 Å². The summed E-state index contributed by atoms with van der Waals surface area (Å²) in [5, 5.41) is 11.3. The standard InChI is InChI=1S/C38H51N7O3/c1-26(30-7-8-35-31(23-30)25-39-41-35)33(37(47)44-18-11-28(12-19-44)27-9-16-42(2)17-10-27)24-36(46)43-20-14-32(15-21-43)45-22-13-29-5-3-4-6-34(29)40-38(45)48/h3-8,23,25-28,32-33H,9-22,24H2,1-2H3,(H,39,41)(H,40,48). The van der Waals surface area contributed by atoms with Gasteiger partial charge in [0, 0.05) is 56.3 Å². The van der Waals surface area contributed by atoms with E-state index in [0.717, 1.165) is 78.8 Å². The number of nitrogens with one attached hydrogen (secondary N) is 2. The van der Waals surface area contributed by atoms with Gasteiger partial charge in [-0.25, -0.2) is 4.79 Å². The summed E-state index contributed by atoms with van der Waals surface area (Å²) in [4.78, 5) is 49.9. The van der Waals surface area contributed by atoms with Crippen LogP contribution in [0.1, 0.15) is 68.9 Å². The van der Waals surface area contributed by atoms with Crippen molar-refractivity contribution in [3.8, 4) is 0 Å². The second-order valence-electron chi connectivity index (χ2n) is 14.8. The second-order valence-corrected chi connectivity index (χ2v) is 14.8. The van der Waals surface area contributed by atoms with E-state index in [1.54, 1.807) is 0 Å². The molecule has 2 aromatic carbocycles. The molecule has 0 bridgehead atoms. The zero-order valence-corrected chi connectivity index (χ0v) is 28.6. The number of hydrogen-bond acceptors (Lipinski definition) is 5. The minimum atomic E-state index is -0.436. The number of amides is 4. The molecule has 2 atom stereocenters. The zero-order valence-electron chi connectivity index (χ0n) is 28.6. The number of piperidine rings is 3. The van der Waals surface area contributed by atoms with Crippen molar-refractivity contribution in [1.29, 1.82) is 0 Å². The Kier molecular flexibility index (Phi) is 9.71. The number of carbonyl (C=O) groups excluding carboxylic acids is 3. The quantitative estimate of drug-likeness (QED) is 0.359. The molecule has 2 unspecified atom stereocenters. The fourth-order valence-corrected chi connectivity index (χ4v) is 8.76. The van der Waals surface area contributed by atoms with Gasteiger partial charge in [-0.15, -0.1) is 0 Å². The minimum Gasteiger partial charge on any atom is -0.343 e. The molecule has 0 radical (unpaired) electrons. The van der Waals surface area contributed by atoms with Crippen LogP contribution in [-0.4, -0.2) is 107 Å². The number of carbonyl (C=O) groups is 3. The lowest BCUT2D eigenvalue weighted by atomic mass is 9.78. The summed E-state index contributed by atoms with van der Waals surface area (Å²) in [7, 11) is 2.21. The molecule has 4 aliphatic heterocycles. The van der Waals surface area contributed by atoms with Gasteiger partial charge in [0.25, 0.3) is 0 Å². The summed E-state index contributed by atoms with van der Waals surface area (Å²) >= 11 is 0. The molecule has 2 N–H and O–H groups in total. The van der Waals surface area contributed by atoms with E-state index < -0.39 is 5.92 Å². The first-order valence-electron chi connectivity index (χ1n) is 18.2. The third-order valence-electron chi connectivity index (χ3n) is 12.0. The number of aromatic nitrogens is 2. The largest absolute Gasteiger partial charge is 0.343 e. The van der Waals surface area contributed by atoms with E-state index in [1.807, 2.05) is 40.3 Å². The Morgan fingerprint density at radius 1 is 0.875 bits per heavy atom. The van der Waals surface area contributed by atoms with Crippen molar-refractivity contribution in [2.45, 2.75) is 70.3 Å². The fraction of sp³-hybridized carbons (Fsp3) is 0.579. The maximum atomic E-state index is 14.4. The molecule has 1 aromatic heterocycles. The fourth-order valence-electron chi connectivity index (χ4n) is 8.76. The van der Waals surface area contributed by atoms with Crippen molar-refractivity contribution in [2.24, 2.45) is 17.8 Å². The van der Waals surface area contributed by atoms with Gasteiger partial charge in [-0.3, -0.25) is 14.7 Å². The van der Waals surface area contributed by atoms with Crippen LogP contribution in [0.2, 0.25) is 0 Å². The number of nitrogens with zero attached hydrogens (tertiary/aromatic N) is 5. The molecule has 0 spiro atoms. The Hall–Kier alpha value is -3.92. The van der Waals surface area contributed by atoms with Gasteiger partial charge in [-0.05, 0) is 112 Å². The monoisotopic (exact) mass is 653 g/mol. The maximum absolute atomic E-state index is 14.4. The second kappa shape index (κ2) is 14.3. The van der Waals surface area contributed by atoms with Crippen LogP contribution < -0.4 is 5.32 Å². The van der Waals surface area contributed by atoms with Crippen molar-refractivity contribution < 1.29 is 14.4 Å². The first-order chi connectivity index (χ1) is 23.3. The molecule has 3 fully saturated rings. The lowest BCUT2D eigenvalue weighted by molar-refractivity contribution is -0.143. The third kappa shape index (κ3) is 6.95. The normalized spacial score (nSPS) is 21.9. The topological polar surface area (TPSA) is 105 Å². The Balaban J connectivity index is 1.01. The van der Waals surface area contributed by atoms with E-state index in [2.05, 4.69) is 57.5 Å². The lowest BCUT2D eigenvalue weighted by Gasteiger charge is -2.41. The Labute approximate surface area is 284 Å². The van der Waals surface area contributed by atoms with Crippen molar-refractivity contribution in [2.75, 3.05) is 58.2 Å². The first-order valence-corrected chi connectivity index (χ1v) is 18.2. The predicted octanol–water partition coefficient (Wildman–Crippen LogP) is 5.33. The van der Waals surface area contributed by atoms with Crippen LogP contribution in [0.4, 0.5) is 10.5 Å². The summed E-state index contributed by atoms with van der Waals surface area (Å²) in [5.74, 6) is 1.04. The van der Waals surface area contributed by atoms with Gasteiger partial charge in [-0.2, -0.15) is 5.10 Å².